The van der Waals surface area contributed by atoms with Crippen LogP contribution in [0, 0.1) is 0 Å². The molecule has 0 saturated heterocycles. The second-order valence-electron chi connectivity index (χ2n) is 5.00. The summed E-state index contributed by atoms with van der Waals surface area (Å²) in [6.07, 6.45) is 0. The van der Waals surface area contributed by atoms with Crippen LogP contribution in [0.15, 0.2) is 42.5 Å². The van der Waals surface area contributed by atoms with E-state index in [2.05, 4.69) is 10.1 Å². The number of carbonyl (C=O) groups excluding carboxylic acids is 1. The van der Waals surface area contributed by atoms with E-state index in [1.807, 2.05) is 12.1 Å². The first-order valence-electron chi connectivity index (χ1n) is 7.72. The van der Waals surface area contributed by atoms with Crippen molar-refractivity contribution in [3.63, 3.8) is 0 Å². The summed E-state index contributed by atoms with van der Waals surface area (Å²) in [5.41, 5.74) is 0.251. The van der Waals surface area contributed by atoms with Crippen molar-refractivity contribution in [1.29, 1.82) is 0 Å². The van der Waals surface area contributed by atoms with Gasteiger partial charge in [-0.3, -0.25) is 4.79 Å². The maximum Gasteiger partial charge on any atom is 0.387 e. The lowest BCUT2D eigenvalue weighted by atomic mass is 10.2. The Morgan fingerprint density at radius 2 is 1.69 bits per heavy atom. The topological polar surface area (TPSA) is 66.0 Å². The Morgan fingerprint density at radius 3 is 2.35 bits per heavy atom. The molecule has 0 radical (unpaired) electrons. The monoisotopic (exact) mass is 367 g/mol. The molecular weight excluding hydrogens is 348 g/mol. The number of halogens is 2. The third-order valence-electron chi connectivity index (χ3n) is 3.36. The fraction of sp³-hybridized carbons (Fsp3) is 0.278. The SMILES string of the molecule is COc1ccccc1OCCNC(=O)c1ccc(OC(F)F)c(OC)c1. The minimum atomic E-state index is -2.98. The first-order valence-corrected chi connectivity index (χ1v) is 7.72. The Hall–Kier alpha value is -3.03. The number of carbonyl (C=O) groups is 1. The average Bonchev–Trinajstić information content (AvgIpc) is 2.65. The van der Waals surface area contributed by atoms with E-state index in [1.165, 1.54) is 25.3 Å². The number of amides is 1. The molecule has 0 aliphatic carbocycles. The number of alkyl halides is 2. The molecule has 1 amide bonds. The molecule has 6 nitrogen and oxygen atoms in total. The fourth-order valence-electron chi connectivity index (χ4n) is 2.17. The zero-order chi connectivity index (χ0) is 18.9. The minimum Gasteiger partial charge on any atom is -0.493 e. The third-order valence-corrected chi connectivity index (χ3v) is 3.36. The molecule has 8 heteroatoms. The Morgan fingerprint density at radius 1 is 1.00 bits per heavy atom. The first-order chi connectivity index (χ1) is 12.5. The van der Waals surface area contributed by atoms with Gasteiger partial charge >= 0.3 is 6.61 Å². The predicted octanol–water partition coefficient (Wildman–Crippen LogP) is 3.11. The highest BCUT2D eigenvalue weighted by Gasteiger charge is 2.14. The molecule has 0 aliphatic heterocycles. The van der Waals surface area contributed by atoms with Crippen LogP contribution in [0.5, 0.6) is 23.0 Å². The van der Waals surface area contributed by atoms with Gasteiger partial charge in [0.2, 0.25) is 0 Å². The van der Waals surface area contributed by atoms with Crippen molar-refractivity contribution in [3.8, 4) is 23.0 Å². The summed E-state index contributed by atoms with van der Waals surface area (Å²) in [6, 6.07) is 11.1. The largest absolute Gasteiger partial charge is 0.493 e. The summed E-state index contributed by atoms with van der Waals surface area (Å²) >= 11 is 0. The van der Waals surface area contributed by atoms with Crippen molar-refractivity contribution in [2.45, 2.75) is 6.61 Å². The van der Waals surface area contributed by atoms with Crippen LogP contribution in [0.25, 0.3) is 0 Å². The highest BCUT2D eigenvalue weighted by atomic mass is 19.3. The van der Waals surface area contributed by atoms with E-state index in [1.54, 1.807) is 19.2 Å². The number of benzene rings is 2. The van der Waals surface area contributed by atoms with E-state index >= 15 is 0 Å². The molecular formula is C18H19F2NO5. The standard InChI is InChI=1S/C18H19F2NO5/c1-23-13-5-3-4-6-14(13)25-10-9-21-17(22)12-7-8-15(26-18(19)20)16(11-12)24-2/h3-8,11,18H,9-10H2,1-2H3,(H,21,22). The summed E-state index contributed by atoms with van der Waals surface area (Å²) in [7, 11) is 2.84. The molecule has 0 aromatic heterocycles. The highest BCUT2D eigenvalue weighted by Crippen LogP contribution is 2.29. The molecule has 1 N–H and O–H groups in total. The summed E-state index contributed by atoms with van der Waals surface area (Å²) < 4.78 is 44.6. The van der Waals surface area contributed by atoms with E-state index in [9.17, 15) is 13.6 Å². The Kier molecular flexibility index (Phi) is 7.02. The molecule has 0 aliphatic rings. The second-order valence-corrected chi connectivity index (χ2v) is 5.00. The van der Waals surface area contributed by atoms with Gasteiger partial charge in [-0.25, -0.2) is 0 Å². The lowest BCUT2D eigenvalue weighted by molar-refractivity contribution is -0.0512. The maximum atomic E-state index is 12.3. The number of methoxy groups -OCH3 is 2. The molecule has 0 spiro atoms. The molecule has 0 bridgehead atoms. The predicted molar refractivity (Wildman–Crippen MR) is 90.4 cm³/mol. The van der Waals surface area contributed by atoms with Crippen molar-refractivity contribution >= 4 is 5.91 Å². The van der Waals surface area contributed by atoms with Crippen LogP contribution in [-0.2, 0) is 0 Å². The van der Waals surface area contributed by atoms with Gasteiger partial charge in [-0.05, 0) is 30.3 Å². The number of para-hydroxylation sites is 2. The maximum absolute atomic E-state index is 12.3. The number of rotatable bonds is 9. The van der Waals surface area contributed by atoms with Gasteiger partial charge in [-0.15, -0.1) is 0 Å². The van der Waals surface area contributed by atoms with Crippen LogP contribution in [0.2, 0.25) is 0 Å². The number of ether oxygens (including phenoxy) is 4. The molecule has 0 saturated carbocycles. The molecule has 2 rings (SSSR count). The van der Waals surface area contributed by atoms with E-state index in [0.29, 0.717) is 11.5 Å². The quantitative estimate of drug-likeness (QED) is 0.690. The van der Waals surface area contributed by atoms with Crippen LogP contribution >= 0.6 is 0 Å². The molecule has 0 fully saturated rings. The van der Waals surface area contributed by atoms with Gasteiger partial charge in [-0.2, -0.15) is 8.78 Å². The smallest absolute Gasteiger partial charge is 0.387 e. The van der Waals surface area contributed by atoms with Gasteiger partial charge in [0.25, 0.3) is 5.91 Å². The molecule has 140 valence electrons. The molecule has 2 aromatic rings. The van der Waals surface area contributed by atoms with Gasteiger partial charge in [0.05, 0.1) is 20.8 Å². The van der Waals surface area contributed by atoms with E-state index in [4.69, 9.17) is 14.2 Å². The highest BCUT2D eigenvalue weighted by molar-refractivity contribution is 5.94. The van der Waals surface area contributed by atoms with Crippen LogP contribution in [0.4, 0.5) is 8.78 Å². The average molecular weight is 367 g/mol. The summed E-state index contributed by atoms with van der Waals surface area (Å²) in [6.45, 7) is -2.50. The van der Waals surface area contributed by atoms with E-state index in [-0.39, 0.29) is 30.2 Å². The van der Waals surface area contributed by atoms with Crippen molar-refractivity contribution in [3.05, 3.63) is 48.0 Å². The van der Waals surface area contributed by atoms with E-state index in [0.717, 1.165) is 0 Å². The summed E-state index contributed by atoms with van der Waals surface area (Å²) in [4.78, 5) is 12.1. The van der Waals surface area contributed by atoms with Crippen molar-refractivity contribution in [2.75, 3.05) is 27.4 Å². The zero-order valence-corrected chi connectivity index (χ0v) is 14.3. The molecule has 0 heterocycles. The van der Waals surface area contributed by atoms with Gasteiger partial charge < -0.3 is 24.3 Å². The van der Waals surface area contributed by atoms with Gasteiger partial charge in [0.15, 0.2) is 23.0 Å². The first kappa shape index (κ1) is 19.3. The van der Waals surface area contributed by atoms with Crippen molar-refractivity contribution in [1.82, 2.24) is 5.32 Å². The second kappa shape index (κ2) is 9.45. The summed E-state index contributed by atoms with van der Waals surface area (Å²) in [5, 5.41) is 2.67. The number of hydrogen-bond donors (Lipinski definition) is 1. The summed E-state index contributed by atoms with van der Waals surface area (Å²) in [5.74, 6) is 0.676. The molecule has 26 heavy (non-hydrogen) atoms. The van der Waals surface area contributed by atoms with Crippen LogP contribution in [-0.4, -0.2) is 39.9 Å². The van der Waals surface area contributed by atoms with Gasteiger partial charge in [0, 0.05) is 5.56 Å². The Balaban J connectivity index is 1.89. The Labute approximate surface area is 149 Å². The van der Waals surface area contributed by atoms with Gasteiger partial charge in [0.1, 0.15) is 6.61 Å². The zero-order valence-electron chi connectivity index (χ0n) is 14.3. The fourth-order valence-corrected chi connectivity index (χ4v) is 2.17. The lowest BCUT2D eigenvalue weighted by Gasteiger charge is -2.12. The Bertz CT molecular complexity index is 739. The van der Waals surface area contributed by atoms with Crippen LogP contribution < -0.4 is 24.3 Å². The molecule has 0 atom stereocenters. The normalized spacial score (nSPS) is 10.3. The number of nitrogens with one attached hydrogen (secondary N) is 1. The van der Waals surface area contributed by atoms with Crippen LogP contribution in [0.1, 0.15) is 10.4 Å². The van der Waals surface area contributed by atoms with Crippen molar-refractivity contribution < 1.29 is 32.5 Å². The third kappa shape index (κ3) is 5.23. The van der Waals surface area contributed by atoms with Crippen LogP contribution in [0.3, 0.4) is 0 Å². The lowest BCUT2D eigenvalue weighted by Crippen LogP contribution is -2.28. The van der Waals surface area contributed by atoms with E-state index < -0.39 is 12.5 Å². The number of hydrogen-bond acceptors (Lipinski definition) is 5. The molecule has 2 aromatic carbocycles. The van der Waals surface area contributed by atoms with Crippen molar-refractivity contribution in [2.24, 2.45) is 0 Å². The van der Waals surface area contributed by atoms with Gasteiger partial charge in [-0.1, -0.05) is 12.1 Å². The minimum absolute atomic E-state index is 0.0446. The molecule has 0 unspecified atom stereocenters.